The van der Waals surface area contributed by atoms with Gasteiger partial charge in [-0.2, -0.15) is 0 Å². The first kappa shape index (κ1) is 19.9. The zero-order chi connectivity index (χ0) is 17.3. The fourth-order valence-corrected chi connectivity index (χ4v) is 3.65. The SMILES string of the molecule is CCCCCCC(=O)NC(C(=O)O)C1(SN=O)CCN(C)CC1. The maximum absolute atomic E-state index is 12.1. The molecule has 1 unspecified atom stereocenters. The molecule has 1 aliphatic rings. The molecule has 0 radical (unpaired) electrons. The first-order valence-electron chi connectivity index (χ1n) is 8.16. The lowest BCUT2D eigenvalue weighted by molar-refractivity contribution is -0.143. The number of nitroso groups, excluding NO2 is 1. The van der Waals surface area contributed by atoms with Crippen molar-refractivity contribution in [3.05, 3.63) is 4.91 Å². The Bertz CT molecular complexity index is 412. The molecule has 132 valence electrons. The number of hydrogen-bond acceptors (Lipinski definition) is 6. The van der Waals surface area contributed by atoms with Gasteiger partial charge in [-0.05, 0) is 39.4 Å². The first-order chi connectivity index (χ1) is 10.9. The summed E-state index contributed by atoms with van der Waals surface area (Å²) in [6.07, 6.45) is 5.19. The van der Waals surface area contributed by atoms with Crippen LogP contribution in [0.4, 0.5) is 0 Å². The molecule has 0 saturated carbocycles. The quantitative estimate of drug-likeness (QED) is 0.358. The topological polar surface area (TPSA) is 99.1 Å². The van der Waals surface area contributed by atoms with E-state index in [0.29, 0.717) is 32.4 Å². The molecule has 0 bridgehead atoms. The Morgan fingerprint density at radius 1 is 1.30 bits per heavy atom. The number of amides is 1. The van der Waals surface area contributed by atoms with Crippen molar-refractivity contribution in [3.8, 4) is 0 Å². The number of unbranched alkanes of at least 4 members (excludes halogenated alkanes) is 3. The van der Waals surface area contributed by atoms with Crippen LogP contribution in [-0.4, -0.2) is 52.8 Å². The van der Waals surface area contributed by atoms with E-state index in [4.69, 9.17) is 0 Å². The van der Waals surface area contributed by atoms with E-state index in [1.54, 1.807) is 0 Å². The lowest BCUT2D eigenvalue weighted by Crippen LogP contribution is -2.58. The molecule has 23 heavy (non-hydrogen) atoms. The minimum atomic E-state index is -1.10. The highest BCUT2D eigenvalue weighted by atomic mass is 32.2. The number of carboxylic acid groups (broad SMARTS) is 1. The van der Waals surface area contributed by atoms with Crippen LogP contribution >= 0.6 is 11.9 Å². The van der Waals surface area contributed by atoms with E-state index in [-0.39, 0.29) is 5.91 Å². The van der Waals surface area contributed by atoms with E-state index in [0.717, 1.165) is 37.6 Å². The number of hydrogen-bond donors (Lipinski definition) is 2. The Balaban J connectivity index is 2.72. The normalized spacial score (nSPS) is 19.0. The molecular formula is C15H27N3O4S. The summed E-state index contributed by atoms with van der Waals surface area (Å²) in [5.41, 5.74) is 0. The molecule has 1 rings (SSSR count). The standard InChI is InChI=1S/C15H27N3O4S/c1-3-4-5-6-7-12(19)16-13(14(20)21)15(23-17-22)8-10-18(2)11-9-15/h13H,3-11H2,1-2H3,(H,16,19)(H,20,21). The van der Waals surface area contributed by atoms with Crippen molar-refractivity contribution >= 4 is 23.8 Å². The third-order valence-electron chi connectivity index (χ3n) is 4.39. The van der Waals surface area contributed by atoms with Crippen molar-refractivity contribution in [2.45, 2.75) is 62.7 Å². The molecular weight excluding hydrogens is 318 g/mol. The van der Waals surface area contributed by atoms with Gasteiger partial charge in [0.05, 0.1) is 4.75 Å². The third-order valence-corrected chi connectivity index (χ3v) is 5.47. The summed E-state index contributed by atoms with van der Waals surface area (Å²) in [5.74, 6) is -1.37. The highest BCUT2D eigenvalue weighted by molar-refractivity contribution is 7.99. The molecule has 1 fully saturated rings. The van der Waals surface area contributed by atoms with Gasteiger partial charge in [0.1, 0.15) is 6.04 Å². The number of rotatable bonds is 10. The monoisotopic (exact) mass is 345 g/mol. The summed E-state index contributed by atoms with van der Waals surface area (Å²) < 4.78 is 2.03. The van der Waals surface area contributed by atoms with Crippen LogP contribution in [0.25, 0.3) is 0 Å². The molecule has 1 heterocycles. The van der Waals surface area contributed by atoms with Gasteiger partial charge in [-0.3, -0.25) is 4.79 Å². The van der Waals surface area contributed by atoms with Crippen molar-refractivity contribution in [1.82, 2.24) is 10.2 Å². The second kappa shape index (κ2) is 9.87. The number of nitrogens with zero attached hydrogens (tertiary/aromatic N) is 2. The van der Waals surface area contributed by atoms with Gasteiger partial charge in [0.15, 0.2) is 0 Å². The van der Waals surface area contributed by atoms with Crippen LogP contribution in [0, 0.1) is 4.91 Å². The third kappa shape index (κ3) is 6.10. The summed E-state index contributed by atoms with van der Waals surface area (Å²) in [6, 6.07) is -1.09. The van der Waals surface area contributed by atoms with Crippen LogP contribution in [0.15, 0.2) is 4.58 Å². The van der Waals surface area contributed by atoms with Crippen LogP contribution in [0.5, 0.6) is 0 Å². The van der Waals surface area contributed by atoms with Gasteiger partial charge in [0.2, 0.25) is 5.91 Å². The van der Waals surface area contributed by atoms with Crippen molar-refractivity contribution < 1.29 is 14.7 Å². The second-order valence-corrected chi connectivity index (χ2v) is 7.33. The number of carbonyl (C=O) groups is 2. The molecule has 1 atom stereocenters. The zero-order valence-corrected chi connectivity index (χ0v) is 14.7. The first-order valence-corrected chi connectivity index (χ1v) is 8.94. The van der Waals surface area contributed by atoms with Crippen molar-refractivity contribution in [1.29, 1.82) is 0 Å². The average Bonchev–Trinajstić information content (AvgIpc) is 2.52. The van der Waals surface area contributed by atoms with Crippen LogP contribution in [-0.2, 0) is 9.59 Å². The lowest BCUT2D eigenvalue weighted by Gasteiger charge is -2.41. The van der Waals surface area contributed by atoms with Crippen LogP contribution in [0.1, 0.15) is 51.9 Å². The van der Waals surface area contributed by atoms with E-state index >= 15 is 0 Å². The summed E-state index contributed by atoms with van der Waals surface area (Å²) >= 11 is 0.759. The Morgan fingerprint density at radius 2 is 1.96 bits per heavy atom. The maximum atomic E-state index is 12.1. The molecule has 1 aliphatic heterocycles. The molecule has 0 aromatic carbocycles. The van der Waals surface area contributed by atoms with Crippen LogP contribution in [0.2, 0.25) is 0 Å². The van der Waals surface area contributed by atoms with E-state index in [2.05, 4.69) is 21.7 Å². The highest BCUT2D eigenvalue weighted by Crippen LogP contribution is 2.39. The number of aliphatic carboxylic acids is 1. The smallest absolute Gasteiger partial charge is 0.327 e. The summed E-state index contributed by atoms with van der Waals surface area (Å²) in [7, 11) is 1.95. The fourth-order valence-electron chi connectivity index (χ4n) is 2.87. The summed E-state index contributed by atoms with van der Waals surface area (Å²) in [4.78, 5) is 36.6. The Kier molecular flexibility index (Phi) is 8.54. The van der Waals surface area contributed by atoms with Gasteiger partial charge < -0.3 is 15.3 Å². The molecule has 8 heteroatoms. The van der Waals surface area contributed by atoms with Crippen molar-refractivity contribution in [3.63, 3.8) is 0 Å². The van der Waals surface area contributed by atoms with Gasteiger partial charge >= 0.3 is 5.97 Å². The number of likely N-dealkylation sites (tertiary alicyclic amines) is 1. The van der Waals surface area contributed by atoms with E-state index in [1.165, 1.54) is 0 Å². The van der Waals surface area contributed by atoms with Gasteiger partial charge in [0, 0.05) is 23.0 Å². The van der Waals surface area contributed by atoms with E-state index < -0.39 is 16.8 Å². The molecule has 0 spiro atoms. The summed E-state index contributed by atoms with van der Waals surface area (Å²) in [5, 5.41) is 12.2. The highest BCUT2D eigenvalue weighted by Gasteiger charge is 2.47. The predicted molar refractivity (Wildman–Crippen MR) is 91.2 cm³/mol. The van der Waals surface area contributed by atoms with Crippen molar-refractivity contribution in [2.24, 2.45) is 4.58 Å². The average molecular weight is 345 g/mol. The number of piperidine rings is 1. The van der Waals surface area contributed by atoms with Crippen LogP contribution < -0.4 is 5.32 Å². The van der Waals surface area contributed by atoms with Crippen LogP contribution in [0.3, 0.4) is 0 Å². The largest absolute Gasteiger partial charge is 0.480 e. The minimum Gasteiger partial charge on any atom is -0.480 e. The Morgan fingerprint density at radius 3 is 2.48 bits per heavy atom. The number of carbonyl (C=O) groups excluding carboxylic acids is 1. The Labute approximate surface area is 141 Å². The van der Waals surface area contributed by atoms with E-state index in [9.17, 15) is 19.6 Å². The summed E-state index contributed by atoms with van der Waals surface area (Å²) in [6.45, 7) is 3.45. The molecule has 1 saturated heterocycles. The maximum Gasteiger partial charge on any atom is 0.327 e. The van der Waals surface area contributed by atoms with Gasteiger partial charge in [-0.25, -0.2) is 4.79 Å². The number of carboxylic acids is 1. The molecule has 0 aromatic rings. The van der Waals surface area contributed by atoms with Gasteiger partial charge in [-0.15, -0.1) is 4.91 Å². The molecule has 1 amide bonds. The lowest BCUT2D eigenvalue weighted by atomic mass is 9.88. The van der Waals surface area contributed by atoms with Crippen molar-refractivity contribution in [2.75, 3.05) is 20.1 Å². The molecule has 0 aromatic heterocycles. The number of nitrogens with one attached hydrogen (secondary N) is 1. The fraction of sp³-hybridized carbons (Fsp3) is 0.867. The van der Waals surface area contributed by atoms with Gasteiger partial charge in [0.25, 0.3) is 0 Å². The molecule has 2 N–H and O–H groups in total. The molecule has 0 aliphatic carbocycles. The van der Waals surface area contributed by atoms with Gasteiger partial charge in [-0.1, -0.05) is 26.2 Å². The zero-order valence-electron chi connectivity index (χ0n) is 13.9. The van der Waals surface area contributed by atoms with E-state index in [1.807, 2.05) is 7.05 Å². The molecule has 7 nitrogen and oxygen atoms in total. The Hall–Kier alpha value is -1.15. The second-order valence-electron chi connectivity index (χ2n) is 6.18. The minimum absolute atomic E-state index is 0.265. The predicted octanol–water partition coefficient (Wildman–Crippen LogP) is 2.41.